The molecule has 3 aromatic heterocycles. The zero-order valence-electron chi connectivity index (χ0n) is 14.1. The topological polar surface area (TPSA) is 80.4 Å². The van der Waals surface area contributed by atoms with Crippen LogP contribution in [0.25, 0.3) is 17.0 Å². The van der Waals surface area contributed by atoms with Crippen LogP contribution in [-0.4, -0.2) is 45.6 Å². The van der Waals surface area contributed by atoms with Crippen LogP contribution in [0.2, 0.25) is 0 Å². The minimum absolute atomic E-state index is 0.0242. The molecule has 0 aliphatic rings. The van der Waals surface area contributed by atoms with Crippen molar-refractivity contribution >= 4 is 42.7 Å². The van der Waals surface area contributed by atoms with Crippen molar-refractivity contribution in [3.05, 3.63) is 35.3 Å². The summed E-state index contributed by atoms with van der Waals surface area (Å²) in [6, 6.07) is 2.70. The van der Waals surface area contributed by atoms with E-state index in [4.69, 9.17) is 0 Å². The molecule has 0 aromatic carbocycles. The second-order valence-corrected chi connectivity index (χ2v) is 11.9. The van der Waals surface area contributed by atoms with Crippen molar-refractivity contribution in [3.63, 3.8) is 0 Å². The summed E-state index contributed by atoms with van der Waals surface area (Å²) in [5.41, 5.74) is -3.79. The van der Waals surface area contributed by atoms with Gasteiger partial charge in [-0.25, -0.2) is 14.2 Å². The third-order valence-corrected chi connectivity index (χ3v) is 7.74. The molecule has 0 atom stereocenters. The number of aromatic nitrogens is 4. The van der Waals surface area contributed by atoms with E-state index in [0.29, 0.717) is 4.47 Å². The van der Waals surface area contributed by atoms with Gasteiger partial charge in [-0.1, -0.05) is 0 Å². The lowest BCUT2D eigenvalue weighted by Crippen LogP contribution is -2.34. The lowest BCUT2D eigenvalue weighted by atomic mass is 10.3. The van der Waals surface area contributed by atoms with Crippen LogP contribution >= 0.6 is 27.7 Å². The number of hydrogen-bond acceptors (Lipinski definition) is 5. The Bertz CT molecular complexity index is 1090. The molecular formula is C15H14BrF3N4O2S2. The zero-order valence-corrected chi connectivity index (χ0v) is 17.3. The summed E-state index contributed by atoms with van der Waals surface area (Å²) in [6.45, 7) is 1.59. The number of halogens is 4. The molecule has 0 saturated heterocycles. The summed E-state index contributed by atoms with van der Waals surface area (Å²) in [5, 5.41) is -0.246. The Morgan fingerprint density at radius 3 is 2.67 bits per heavy atom. The van der Waals surface area contributed by atoms with E-state index in [1.54, 1.807) is 6.92 Å². The Hall–Kier alpha value is -1.50. The molecule has 12 heteroatoms. The fourth-order valence-electron chi connectivity index (χ4n) is 2.33. The molecule has 0 amide bonds. The van der Waals surface area contributed by atoms with E-state index in [-0.39, 0.29) is 44.5 Å². The van der Waals surface area contributed by atoms with E-state index >= 15 is 0 Å². The van der Waals surface area contributed by atoms with E-state index < -0.39 is 14.9 Å². The Morgan fingerprint density at radius 2 is 2.04 bits per heavy atom. The summed E-state index contributed by atoms with van der Waals surface area (Å²) in [4.78, 5) is 12.4. The van der Waals surface area contributed by atoms with Crippen molar-refractivity contribution in [2.75, 3.05) is 12.0 Å². The largest absolute Gasteiger partial charge is 0.447 e. The minimum Gasteiger partial charge on any atom is -0.299 e. The molecule has 0 fully saturated rings. The minimum atomic E-state index is -4.46. The summed E-state index contributed by atoms with van der Waals surface area (Å²) in [7, 11) is -4.17. The van der Waals surface area contributed by atoms with Crippen LogP contribution in [0.5, 0.6) is 0 Å². The van der Waals surface area contributed by atoms with Gasteiger partial charge in [0.25, 0.3) is 0 Å². The van der Waals surface area contributed by atoms with Crippen molar-refractivity contribution in [3.8, 4) is 11.4 Å². The van der Waals surface area contributed by atoms with E-state index in [0.717, 1.165) is 0 Å². The highest BCUT2D eigenvalue weighted by atomic mass is 79.9. The van der Waals surface area contributed by atoms with Gasteiger partial charge in [0.05, 0.1) is 4.90 Å². The fraction of sp³-hybridized carbons (Fsp3) is 0.267. The maximum atomic E-state index is 13.0. The van der Waals surface area contributed by atoms with Crippen LogP contribution < -0.4 is 0 Å². The molecule has 0 bridgehead atoms. The molecule has 146 valence electrons. The second-order valence-electron chi connectivity index (χ2n) is 5.94. The molecule has 0 aliphatic carbocycles. The predicted molar refractivity (Wildman–Crippen MR) is 101 cm³/mol. The Morgan fingerprint density at radius 1 is 1.33 bits per heavy atom. The molecule has 0 saturated carbocycles. The highest BCUT2D eigenvalue weighted by Gasteiger charge is 2.31. The third-order valence-electron chi connectivity index (χ3n) is 3.85. The number of hydrogen-bond donors (Lipinski definition) is 1. The SMILES string of the molecule is CCS(C)(=O)(O)c1cc(Br)cnc1-c1cn2cnc(SC(F)(F)F)cc2n1. The monoisotopic (exact) mass is 482 g/mol. The van der Waals surface area contributed by atoms with Crippen molar-refractivity contribution in [1.29, 1.82) is 0 Å². The van der Waals surface area contributed by atoms with Gasteiger partial charge in [-0.3, -0.25) is 13.9 Å². The quantitative estimate of drug-likeness (QED) is 0.436. The average Bonchev–Trinajstić information content (AvgIpc) is 2.96. The van der Waals surface area contributed by atoms with E-state index in [1.165, 1.54) is 41.5 Å². The van der Waals surface area contributed by atoms with Gasteiger partial charge in [0.15, 0.2) is 0 Å². The first-order valence-corrected chi connectivity index (χ1v) is 11.6. The first-order valence-electron chi connectivity index (χ1n) is 7.50. The first-order chi connectivity index (χ1) is 12.4. The molecule has 0 aliphatic heterocycles. The van der Waals surface area contributed by atoms with Crippen LogP contribution in [-0.2, 0) is 9.35 Å². The number of nitrogens with zero attached hydrogens (tertiary/aromatic N) is 4. The number of fused-ring (bicyclic) bond motifs is 1. The smallest absolute Gasteiger partial charge is 0.299 e. The fourth-order valence-corrected chi connectivity index (χ4v) is 4.71. The van der Waals surface area contributed by atoms with Crippen molar-refractivity contribution in [2.45, 2.75) is 22.4 Å². The predicted octanol–water partition coefficient (Wildman–Crippen LogP) is 4.47. The third kappa shape index (κ3) is 4.33. The summed E-state index contributed by atoms with van der Waals surface area (Å²) >= 11 is 2.91. The van der Waals surface area contributed by atoms with Crippen molar-refractivity contribution in [1.82, 2.24) is 19.4 Å². The van der Waals surface area contributed by atoms with Gasteiger partial charge >= 0.3 is 5.51 Å². The van der Waals surface area contributed by atoms with Crippen LogP contribution in [0.15, 0.2) is 45.2 Å². The zero-order chi connectivity index (χ0) is 20.1. The number of pyridine rings is 1. The molecular weight excluding hydrogens is 469 g/mol. The van der Waals surface area contributed by atoms with Crippen LogP contribution in [0.3, 0.4) is 0 Å². The summed E-state index contributed by atoms with van der Waals surface area (Å²) in [5.74, 6) is -0.0242. The summed E-state index contributed by atoms with van der Waals surface area (Å²) in [6.07, 6.45) is 5.42. The number of imidazole rings is 1. The molecule has 3 rings (SSSR count). The molecule has 0 radical (unpaired) electrons. The Kier molecular flexibility index (Phi) is 4.90. The van der Waals surface area contributed by atoms with Gasteiger partial charge in [0.2, 0.25) is 0 Å². The van der Waals surface area contributed by atoms with E-state index in [2.05, 4.69) is 30.9 Å². The van der Waals surface area contributed by atoms with Crippen molar-refractivity contribution in [2.24, 2.45) is 0 Å². The highest BCUT2D eigenvalue weighted by Crippen LogP contribution is 2.38. The molecule has 3 aromatic rings. The highest BCUT2D eigenvalue weighted by molar-refractivity contribution is 9.10. The van der Waals surface area contributed by atoms with Gasteiger partial charge in [0, 0.05) is 46.7 Å². The van der Waals surface area contributed by atoms with Gasteiger partial charge in [0.1, 0.15) is 28.4 Å². The van der Waals surface area contributed by atoms with Gasteiger partial charge in [-0.05, 0) is 28.9 Å². The molecule has 27 heavy (non-hydrogen) atoms. The number of thioether (sulfide) groups is 1. The molecule has 3 heterocycles. The maximum absolute atomic E-state index is 13.0. The number of alkyl halides is 3. The lowest BCUT2D eigenvalue weighted by molar-refractivity contribution is -0.0329. The average molecular weight is 483 g/mol. The molecule has 6 nitrogen and oxygen atoms in total. The molecule has 1 N–H and O–H groups in total. The normalized spacial score (nSPS) is 14.3. The van der Waals surface area contributed by atoms with E-state index in [1.807, 2.05) is 0 Å². The standard InChI is InChI=1S/C15H14BrF3N4O2S2/c1-3-27(2,24,25)11-4-9(16)6-20-14(11)10-7-23-8-21-13(5-12(23)22-10)26-15(17,18)19/h4-8H,3H2,1-2H3,(H,24,25). The summed E-state index contributed by atoms with van der Waals surface area (Å²) < 4.78 is 63.3. The van der Waals surface area contributed by atoms with Crippen LogP contribution in [0.4, 0.5) is 13.2 Å². The second kappa shape index (κ2) is 6.54. The van der Waals surface area contributed by atoms with E-state index in [9.17, 15) is 21.9 Å². The van der Waals surface area contributed by atoms with Gasteiger partial charge in [-0.2, -0.15) is 22.5 Å². The Balaban J connectivity index is 2.15. The Labute approximate surface area is 165 Å². The van der Waals surface area contributed by atoms with Crippen LogP contribution in [0, 0.1) is 0 Å². The van der Waals surface area contributed by atoms with Crippen LogP contribution in [0.1, 0.15) is 6.92 Å². The molecule has 0 spiro atoms. The molecule has 0 unspecified atom stereocenters. The first kappa shape index (κ1) is 20.2. The lowest BCUT2D eigenvalue weighted by Gasteiger charge is -2.38. The maximum Gasteiger partial charge on any atom is 0.447 e. The van der Waals surface area contributed by atoms with Gasteiger partial charge < -0.3 is 0 Å². The number of rotatable bonds is 4. The van der Waals surface area contributed by atoms with Gasteiger partial charge in [-0.15, -0.1) is 0 Å². The van der Waals surface area contributed by atoms with Crippen molar-refractivity contribution < 1.29 is 21.9 Å².